The van der Waals surface area contributed by atoms with Crippen LogP contribution in [0.15, 0.2) is 35.7 Å². The Morgan fingerprint density at radius 2 is 2.13 bits per heavy atom. The maximum absolute atomic E-state index is 10.9. The van der Waals surface area contributed by atoms with Crippen LogP contribution in [0, 0.1) is 0 Å². The number of hydrogen-bond acceptors (Lipinski definition) is 3. The molecule has 0 saturated carbocycles. The first kappa shape index (κ1) is 9.93. The second-order valence-corrected chi connectivity index (χ2v) is 3.97. The molecule has 0 bridgehead atoms. The van der Waals surface area contributed by atoms with Crippen molar-refractivity contribution in [3.05, 3.63) is 41.3 Å². The Balaban J connectivity index is 2.66. The predicted octanol–water partition coefficient (Wildman–Crippen LogP) is 3.24. The van der Waals surface area contributed by atoms with E-state index >= 15 is 0 Å². The van der Waals surface area contributed by atoms with Gasteiger partial charge in [0.1, 0.15) is 5.75 Å². The van der Waals surface area contributed by atoms with Crippen molar-refractivity contribution in [2.24, 2.45) is 0 Å². The zero-order chi connectivity index (χ0) is 10.7. The zero-order valence-electron chi connectivity index (χ0n) is 8.27. The molecule has 0 aliphatic carbocycles. The molecule has 0 saturated heterocycles. The highest BCUT2D eigenvalue weighted by molar-refractivity contribution is 7.13. The number of carbonyl (C=O) groups excluding carboxylic acids is 1. The van der Waals surface area contributed by atoms with Crippen molar-refractivity contribution in [3.63, 3.8) is 0 Å². The Morgan fingerprint density at radius 1 is 1.27 bits per heavy atom. The smallest absolute Gasteiger partial charge is 0.150 e. The lowest BCUT2D eigenvalue weighted by Crippen LogP contribution is -1.91. The molecule has 2 aromatic rings. The maximum atomic E-state index is 10.9. The first-order chi connectivity index (χ1) is 7.36. The summed E-state index contributed by atoms with van der Waals surface area (Å²) in [5.41, 5.74) is 1.54. The fourth-order valence-electron chi connectivity index (χ4n) is 1.50. The van der Waals surface area contributed by atoms with Crippen LogP contribution in [-0.2, 0) is 0 Å². The normalized spacial score (nSPS) is 9.93. The summed E-state index contributed by atoms with van der Waals surface area (Å²) in [7, 11) is 1.61. The van der Waals surface area contributed by atoms with Gasteiger partial charge in [-0.1, -0.05) is 18.2 Å². The Hall–Kier alpha value is -1.61. The molecule has 2 rings (SSSR count). The molecule has 0 unspecified atom stereocenters. The van der Waals surface area contributed by atoms with Crippen molar-refractivity contribution in [2.75, 3.05) is 7.11 Å². The molecule has 3 heteroatoms. The van der Waals surface area contributed by atoms with Crippen molar-refractivity contribution in [2.45, 2.75) is 0 Å². The van der Waals surface area contributed by atoms with Crippen molar-refractivity contribution in [1.82, 2.24) is 0 Å². The lowest BCUT2D eigenvalue weighted by molar-refractivity contribution is 0.112. The van der Waals surface area contributed by atoms with E-state index in [1.165, 1.54) is 0 Å². The summed E-state index contributed by atoms with van der Waals surface area (Å²) in [6.07, 6.45) is 0.859. The monoisotopic (exact) mass is 218 g/mol. The third-order valence-electron chi connectivity index (χ3n) is 2.17. The Morgan fingerprint density at radius 3 is 2.73 bits per heavy atom. The van der Waals surface area contributed by atoms with Gasteiger partial charge in [-0.2, -0.15) is 0 Å². The van der Waals surface area contributed by atoms with Gasteiger partial charge in [-0.25, -0.2) is 0 Å². The Kier molecular flexibility index (Phi) is 2.83. The highest BCUT2D eigenvalue weighted by atomic mass is 32.1. The molecule has 2 nitrogen and oxygen atoms in total. The van der Waals surface area contributed by atoms with Gasteiger partial charge in [0, 0.05) is 16.0 Å². The topological polar surface area (TPSA) is 26.3 Å². The molecule has 0 spiro atoms. The van der Waals surface area contributed by atoms with Crippen LogP contribution in [-0.4, -0.2) is 13.4 Å². The van der Waals surface area contributed by atoms with Crippen molar-refractivity contribution >= 4 is 17.6 Å². The van der Waals surface area contributed by atoms with Crippen LogP contribution < -0.4 is 4.74 Å². The van der Waals surface area contributed by atoms with Gasteiger partial charge >= 0.3 is 0 Å². The SMILES string of the molecule is COc1cccc(C=O)c1-c1cccs1. The first-order valence-corrected chi connectivity index (χ1v) is 5.41. The molecular formula is C12H10O2S. The van der Waals surface area contributed by atoms with E-state index in [-0.39, 0.29) is 0 Å². The van der Waals surface area contributed by atoms with E-state index in [9.17, 15) is 4.79 Å². The first-order valence-electron chi connectivity index (χ1n) is 4.53. The van der Waals surface area contributed by atoms with E-state index in [0.29, 0.717) is 5.56 Å². The summed E-state index contributed by atoms with van der Waals surface area (Å²) in [6, 6.07) is 9.42. The van der Waals surface area contributed by atoms with Gasteiger partial charge in [0.05, 0.1) is 7.11 Å². The summed E-state index contributed by atoms with van der Waals surface area (Å²) < 4.78 is 5.26. The maximum Gasteiger partial charge on any atom is 0.150 e. The molecule has 76 valence electrons. The van der Waals surface area contributed by atoms with Crippen LogP contribution in [0.5, 0.6) is 5.75 Å². The second-order valence-electron chi connectivity index (χ2n) is 3.02. The minimum Gasteiger partial charge on any atom is -0.496 e. The van der Waals surface area contributed by atoms with E-state index in [1.54, 1.807) is 24.5 Å². The quantitative estimate of drug-likeness (QED) is 0.739. The molecule has 1 aromatic heterocycles. The molecule has 0 atom stereocenters. The van der Waals surface area contributed by atoms with Gasteiger partial charge in [-0.05, 0) is 17.5 Å². The second kappa shape index (κ2) is 4.28. The molecular weight excluding hydrogens is 208 g/mol. The molecule has 0 aliphatic heterocycles. The van der Waals surface area contributed by atoms with Gasteiger partial charge in [0.2, 0.25) is 0 Å². The van der Waals surface area contributed by atoms with Crippen LogP contribution in [0.1, 0.15) is 10.4 Å². The molecule has 0 aliphatic rings. The van der Waals surface area contributed by atoms with Gasteiger partial charge in [0.25, 0.3) is 0 Å². The highest BCUT2D eigenvalue weighted by Gasteiger charge is 2.11. The number of benzene rings is 1. The number of aldehydes is 1. The van der Waals surface area contributed by atoms with Crippen LogP contribution in [0.25, 0.3) is 10.4 Å². The number of thiophene rings is 1. The van der Waals surface area contributed by atoms with Gasteiger partial charge in [-0.3, -0.25) is 4.79 Å². The third-order valence-corrected chi connectivity index (χ3v) is 3.06. The fourth-order valence-corrected chi connectivity index (χ4v) is 2.30. The lowest BCUT2D eigenvalue weighted by Gasteiger charge is -2.08. The van der Waals surface area contributed by atoms with Crippen molar-refractivity contribution in [3.8, 4) is 16.2 Å². The summed E-state index contributed by atoms with van der Waals surface area (Å²) in [6.45, 7) is 0. The standard InChI is InChI=1S/C12H10O2S/c1-14-10-5-2-4-9(8-13)12(10)11-6-3-7-15-11/h2-8H,1H3. The van der Waals surface area contributed by atoms with E-state index < -0.39 is 0 Å². The van der Waals surface area contributed by atoms with E-state index in [2.05, 4.69) is 0 Å². The highest BCUT2D eigenvalue weighted by Crippen LogP contribution is 2.35. The fraction of sp³-hybridized carbons (Fsp3) is 0.0833. The molecule has 0 amide bonds. The number of hydrogen-bond donors (Lipinski definition) is 0. The molecule has 1 heterocycles. The van der Waals surface area contributed by atoms with Crippen LogP contribution >= 0.6 is 11.3 Å². The van der Waals surface area contributed by atoms with Crippen LogP contribution in [0.2, 0.25) is 0 Å². The van der Waals surface area contributed by atoms with Crippen molar-refractivity contribution < 1.29 is 9.53 Å². The summed E-state index contributed by atoms with van der Waals surface area (Å²) in [4.78, 5) is 12.0. The average Bonchev–Trinajstić information content (AvgIpc) is 2.81. The largest absolute Gasteiger partial charge is 0.496 e. The summed E-state index contributed by atoms with van der Waals surface area (Å²) >= 11 is 1.60. The molecule has 1 aromatic carbocycles. The van der Waals surface area contributed by atoms with Crippen molar-refractivity contribution in [1.29, 1.82) is 0 Å². The number of methoxy groups -OCH3 is 1. The summed E-state index contributed by atoms with van der Waals surface area (Å²) in [5, 5.41) is 1.98. The van der Waals surface area contributed by atoms with Gasteiger partial charge in [-0.15, -0.1) is 11.3 Å². The number of ether oxygens (including phenoxy) is 1. The molecule has 0 fully saturated rings. The molecule has 0 N–H and O–H groups in total. The third kappa shape index (κ3) is 1.78. The Bertz CT molecular complexity index is 460. The lowest BCUT2D eigenvalue weighted by atomic mass is 10.1. The van der Waals surface area contributed by atoms with E-state index in [4.69, 9.17) is 4.74 Å². The molecule has 15 heavy (non-hydrogen) atoms. The van der Waals surface area contributed by atoms with E-state index in [1.807, 2.05) is 29.6 Å². The average molecular weight is 218 g/mol. The van der Waals surface area contributed by atoms with E-state index in [0.717, 1.165) is 22.5 Å². The Labute approximate surface area is 92.1 Å². The minimum atomic E-state index is 0.664. The van der Waals surface area contributed by atoms with Gasteiger partial charge in [0.15, 0.2) is 6.29 Å². The van der Waals surface area contributed by atoms with Gasteiger partial charge < -0.3 is 4.74 Å². The molecule has 0 radical (unpaired) electrons. The van der Waals surface area contributed by atoms with Crippen LogP contribution in [0.3, 0.4) is 0 Å². The number of rotatable bonds is 3. The predicted molar refractivity (Wildman–Crippen MR) is 61.7 cm³/mol. The zero-order valence-corrected chi connectivity index (χ0v) is 9.08. The number of carbonyl (C=O) groups is 1. The van der Waals surface area contributed by atoms with Crippen LogP contribution in [0.4, 0.5) is 0 Å². The summed E-state index contributed by atoms with van der Waals surface area (Å²) in [5.74, 6) is 0.738. The minimum absolute atomic E-state index is 0.664.